The number of amides is 1. The molecule has 0 radical (unpaired) electrons. The van der Waals surface area contributed by atoms with E-state index in [1.165, 1.54) is 37.8 Å². The molecule has 1 amide bonds. The topological polar surface area (TPSA) is 38.1 Å². The molecule has 0 N–H and O–H groups in total. The number of rotatable bonds is 2. The molecule has 3 aliphatic rings. The van der Waals surface area contributed by atoms with Gasteiger partial charge in [-0.25, -0.2) is 4.98 Å². The maximum absolute atomic E-state index is 13.2. The van der Waals surface area contributed by atoms with Gasteiger partial charge >= 0.3 is 0 Å². The summed E-state index contributed by atoms with van der Waals surface area (Å²) >= 11 is 0. The molecule has 5 rings (SSSR count). The largest absolute Gasteiger partial charge is 0.334 e. The molecular weight excluding hydrogens is 310 g/mol. The number of benzene rings is 1. The van der Waals surface area contributed by atoms with Crippen LogP contribution in [0.1, 0.15) is 54.7 Å². The number of hydrogen-bond acceptors (Lipinski definition) is 2. The van der Waals surface area contributed by atoms with Gasteiger partial charge in [-0.1, -0.05) is 43.2 Å². The zero-order valence-corrected chi connectivity index (χ0v) is 14.7. The Hall–Kier alpha value is -2.10. The maximum atomic E-state index is 13.2. The van der Waals surface area contributed by atoms with Crippen LogP contribution in [0.5, 0.6) is 0 Å². The molecule has 130 valence electrons. The van der Waals surface area contributed by atoms with Gasteiger partial charge in [0, 0.05) is 24.7 Å². The summed E-state index contributed by atoms with van der Waals surface area (Å²) < 4.78 is 2.32. The van der Waals surface area contributed by atoms with E-state index in [-0.39, 0.29) is 5.91 Å². The van der Waals surface area contributed by atoms with Crippen LogP contribution in [0.25, 0.3) is 11.4 Å². The number of likely N-dealkylation sites (tertiary alicyclic amines) is 1. The second-order valence-electron chi connectivity index (χ2n) is 7.77. The van der Waals surface area contributed by atoms with Gasteiger partial charge in [-0.15, -0.1) is 0 Å². The second kappa shape index (κ2) is 6.01. The number of imidazole rings is 1. The molecule has 2 atom stereocenters. The van der Waals surface area contributed by atoms with Crippen LogP contribution in [0.3, 0.4) is 0 Å². The SMILES string of the molecule is O=C(c1nc(-c2ccccc2)n2c1CCCCC2)N1CC2CCCC21. The van der Waals surface area contributed by atoms with Crippen LogP contribution < -0.4 is 0 Å². The predicted molar refractivity (Wildman–Crippen MR) is 97.4 cm³/mol. The van der Waals surface area contributed by atoms with Gasteiger partial charge in [0.25, 0.3) is 5.91 Å². The van der Waals surface area contributed by atoms with Gasteiger partial charge in [0.05, 0.1) is 5.69 Å². The Balaban J connectivity index is 1.55. The zero-order valence-electron chi connectivity index (χ0n) is 14.7. The van der Waals surface area contributed by atoms with Crippen LogP contribution in [-0.2, 0) is 13.0 Å². The van der Waals surface area contributed by atoms with E-state index in [2.05, 4.69) is 21.6 Å². The average Bonchev–Trinajstić information content (AvgIpc) is 3.07. The lowest BCUT2D eigenvalue weighted by Crippen LogP contribution is -2.56. The standard InChI is InChI=1S/C21H25N3O/c25-21(24-14-16-10-7-12-17(16)24)19-18-11-5-2-6-13-23(18)20(22-19)15-8-3-1-4-9-15/h1,3-4,8-9,16-17H,2,5-7,10-14H2. The molecule has 1 saturated carbocycles. The van der Waals surface area contributed by atoms with E-state index >= 15 is 0 Å². The first-order valence-electron chi connectivity index (χ1n) is 9.79. The average molecular weight is 335 g/mol. The summed E-state index contributed by atoms with van der Waals surface area (Å²) in [5, 5.41) is 0. The summed E-state index contributed by atoms with van der Waals surface area (Å²) in [6, 6.07) is 10.8. The van der Waals surface area contributed by atoms with Gasteiger partial charge < -0.3 is 9.47 Å². The van der Waals surface area contributed by atoms with Crippen LogP contribution in [0.2, 0.25) is 0 Å². The molecule has 4 heteroatoms. The maximum Gasteiger partial charge on any atom is 0.274 e. The van der Waals surface area contributed by atoms with Gasteiger partial charge in [0.15, 0.2) is 0 Å². The van der Waals surface area contributed by atoms with Gasteiger partial charge in [-0.2, -0.15) is 0 Å². The van der Waals surface area contributed by atoms with Crippen LogP contribution >= 0.6 is 0 Å². The molecule has 1 saturated heterocycles. The Morgan fingerprint density at radius 1 is 1.04 bits per heavy atom. The van der Waals surface area contributed by atoms with E-state index in [4.69, 9.17) is 4.98 Å². The van der Waals surface area contributed by atoms with Crippen molar-refractivity contribution < 1.29 is 4.79 Å². The highest BCUT2D eigenvalue weighted by molar-refractivity contribution is 5.95. The Kier molecular flexibility index (Phi) is 3.65. The molecule has 0 bridgehead atoms. The Morgan fingerprint density at radius 3 is 2.76 bits per heavy atom. The predicted octanol–water partition coefficient (Wildman–Crippen LogP) is 3.90. The fourth-order valence-electron chi connectivity index (χ4n) is 4.96. The second-order valence-corrected chi connectivity index (χ2v) is 7.77. The molecule has 1 aliphatic carbocycles. The highest BCUT2D eigenvalue weighted by Gasteiger charge is 2.45. The number of fused-ring (bicyclic) bond motifs is 2. The lowest BCUT2D eigenvalue weighted by Gasteiger charge is -2.44. The normalized spacial score (nSPS) is 25.0. The quantitative estimate of drug-likeness (QED) is 0.835. The minimum absolute atomic E-state index is 0.177. The third-order valence-corrected chi connectivity index (χ3v) is 6.31. The lowest BCUT2D eigenvalue weighted by atomic mass is 9.91. The van der Waals surface area contributed by atoms with Crippen molar-refractivity contribution in [3.63, 3.8) is 0 Å². The molecular formula is C21H25N3O. The first-order valence-corrected chi connectivity index (χ1v) is 9.79. The van der Waals surface area contributed by atoms with Crippen molar-refractivity contribution >= 4 is 5.91 Å². The number of aromatic nitrogens is 2. The monoisotopic (exact) mass is 335 g/mol. The molecule has 3 heterocycles. The van der Waals surface area contributed by atoms with Gasteiger partial charge in [0.2, 0.25) is 0 Å². The first kappa shape index (κ1) is 15.2. The molecule has 0 spiro atoms. The summed E-state index contributed by atoms with van der Waals surface area (Å²) in [7, 11) is 0. The number of nitrogens with zero attached hydrogens (tertiary/aromatic N) is 3. The Bertz CT molecular complexity index is 795. The third-order valence-electron chi connectivity index (χ3n) is 6.31. The highest BCUT2D eigenvalue weighted by Crippen LogP contribution is 2.40. The van der Waals surface area contributed by atoms with Crippen molar-refractivity contribution in [1.29, 1.82) is 0 Å². The summed E-state index contributed by atoms with van der Waals surface area (Å²) in [6.45, 7) is 1.92. The van der Waals surface area contributed by atoms with Crippen LogP contribution in [0.15, 0.2) is 30.3 Å². The summed E-state index contributed by atoms with van der Waals surface area (Å²) in [6.07, 6.45) is 8.29. The highest BCUT2D eigenvalue weighted by atomic mass is 16.2. The van der Waals surface area contributed by atoms with Crippen molar-refractivity contribution in [2.45, 2.75) is 57.5 Å². The molecule has 25 heavy (non-hydrogen) atoms. The molecule has 2 unspecified atom stereocenters. The van der Waals surface area contributed by atoms with Crippen LogP contribution in [0.4, 0.5) is 0 Å². The van der Waals surface area contributed by atoms with Crippen LogP contribution in [0, 0.1) is 5.92 Å². The van der Waals surface area contributed by atoms with Crippen molar-refractivity contribution in [3.05, 3.63) is 41.7 Å². The van der Waals surface area contributed by atoms with Crippen molar-refractivity contribution in [3.8, 4) is 11.4 Å². The smallest absolute Gasteiger partial charge is 0.274 e. The van der Waals surface area contributed by atoms with E-state index in [0.717, 1.165) is 48.9 Å². The lowest BCUT2D eigenvalue weighted by molar-refractivity contribution is 0.0263. The molecule has 2 aromatic rings. The summed E-state index contributed by atoms with van der Waals surface area (Å²) in [4.78, 5) is 20.2. The number of carbonyl (C=O) groups is 1. The van der Waals surface area contributed by atoms with Crippen molar-refractivity contribution in [1.82, 2.24) is 14.5 Å². The molecule has 4 nitrogen and oxygen atoms in total. The summed E-state index contributed by atoms with van der Waals surface area (Å²) in [5.74, 6) is 1.90. The zero-order chi connectivity index (χ0) is 16.8. The fraction of sp³-hybridized carbons (Fsp3) is 0.524. The van der Waals surface area contributed by atoms with E-state index < -0.39 is 0 Å². The molecule has 1 aromatic heterocycles. The van der Waals surface area contributed by atoms with Gasteiger partial charge in [-0.05, 0) is 38.0 Å². The molecule has 1 aromatic carbocycles. The van der Waals surface area contributed by atoms with E-state index in [1.807, 2.05) is 18.2 Å². The van der Waals surface area contributed by atoms with E-state index in [0.29, 0.717) is 6.04 Å². The minimum atomic E-state index is 0.177. The van der Waals surface area contributed by atoms with Gasteiger partial charge in [0.1, 0.15) is 11.5 Å². The van der Waals surface area contributed by atoms with E-state index in [9.17, 15) is 4.79 Å². The molecule has 2 fully saturated rings. The van der Waals surface area contributed by atoms with Crippen LogP contribution in [-0.4, -0.2) is 32.9 Å². The van der Waals surface area contributed by atoms with E-state index in [1.54, 1.807) is 0 Å². The number of hydrogen-bond donors (Lipinski definition) is 0. The fourth-order valence-corrected chi connectivity index (χ4v) is 4.96. The van der Waals surface area contributed by atoms with Gasteiger partial charge in [-0.3, -0.25) is 4.79 Å². The Morgan fingerprint density at radius 2 is 1.92 bits per heavy atom. The Labute approximate surface area is 148 Å². The number of carbonyl (C=O) groups excluding carboxylic acids is 1. The molecule has 2 aliphatic heterocycles. The summed E-state index contributed by atoms with van der Waals surface area (Å²) in [5.41, 5.74) is 3.01. The third kappa shape index (κ3) is 2.42. The first-order chi connectivity index (χ1) is 12.3. The van der Waals surface area contributed by atoms with Crippen molar-refractivity contribution in [2.75, 3.05) is 6.54 Å². The van der Waals surface area contributed by atoms with Crippen molar-refractivity contribution in [2.24, 2.45) is 5.92 Å². The minimum Gasteiger partial charge on any atom is -0.334 e.